The number of fused-ring (bicyclic) bond motifs is 2. The van der Waals surface area contributed by atoms with Gasteiger partial charge in [-0.15, -0.1) is 12.4 Å². The first-order chi connectivity index (χ1) is 22.7. The van der Waals surface area contributed by atoms with E-state index in [1.807, 2.05) is 0 Å². The minimum absolute atomic E-state index is 0. The van der Waals surface area contributed by atoms with Gasteiger partial charge in [0, 0.05) is 49.1 Å². The zero-order valence-corrected chi connectivity index (χ0v) is 30.2. The van der Waals surface area contributed by atoms with Crippen molar-refractivity contribution in [3.63, 3.8) is 0 Å². The summed E-state index contributed by atoms with van der Waals surface area (Å²) < 4.78 is 12.9. The van der Waals surface area contributed by atoms with Crippen LogP contribution in [0.1, 0.15) is 72.1 Å². The minimum Gasteiger partial charge on any atom is -0.480 e. The highest BCUT2D eigenvalue weighted by Crippen LogP contribution is 2.66. The predicted octanol–water partition coefficient (Wildman–Crippen LogP) is -0.377. The number of aliphatic carboxylic acids is 2. The Morgan fingerprint density at radius 3 is 1.88 bits per heavy atom. The van der Waals surface area contributed by atoms with Crippen LogP contribution >= 0.6 is 12.4 Å². The van der Waals surface area contributed by atoms with Crippen LogP contribution < -0.4 is 32.7 Å². The van der Waals surface area contributed by atoms with Crippen molar-refractivity contribution in [1.82, 2.24) is 21.3 Å². The Hall–Kier alpha value is -1.04. The highest BCUT2D eigenvalue weighted by Gasteiger charge is 2.69. The first kappa shape index (κ1) is 39.2. The summed E-state index contributed by atoms with van der Waals surface area (Å²) in [5.41, 5.74) is 9.34. The summed E-state index contributed by atoms with van der Waals surface area (Å²) in [6.45, 7) is 10.1. The van der Waals surface area contributed by atoms with Gasteiger partial charge in [-0.05, 0) is 88.4 Å². The summed E-state index contributed by atoms with van der Waals surface area (Å²) in [5, 5.41) is 50.6. The van der Waals surface area contributed by atoms with Gasteiger partial charge in [0.25, 0.3) is 0 Å². The molecule has 3 saturated carbocycles. The van der Waals surface area contributed by atoms with E-state index in [2.05, 4.69) is 42.0 Å². The summed E-state index contributed by atoms with van der Waals surface area (Å²) >= 11 is 0. The molecule has 0 spiro atoms. The van der Waals surface area contributed by atoms with Gasteiger partial charge in [-0.2, -0.15) is 0 Å². The van der Waals surface area contributed by atoms with Gasteiger partial charge in [-0.25, -0.2) is 0 Å². The van der Waals surface area contributed by atoms with Crippen LogP contribution in [0.3, 0.4) is 0 Å². The molecule has 14 nitrogen and oxygen atoms in total. The molecule has 3 aliphatic carbocycles. The second-order valence-electron chi connectivity index (χ2n) is 16.6. The van der Waals surface area contributed by atoms with E-state index in [1.54, 1.807) is 0 Å². The maximum atomic E-state index is 12.2. The Balaban J connectivity index is 0.000000205. The van der Waals surface area contributed by atoms with Gasteiger partial charge in [0.1, 0.15) is 11.1 Å². The largest absolute Gasteiger partial charge is 0.480 e. The Kier molecular flexibility index (Phi) is 11.2. The summed E-state index contributed by atoms with van der Waals surface area (Å²) in [4.78, 5) is 23.9. The van der Waals surface area contributed by atoms with Gasteiger partial charge < -0.3 is 62.3 Å². The molecule has 5 aliphatic heterocycles. The van der Waals surface area contributed by atoms with E-state index in [4.69, 9.17) is 30.8 Å². The molecular weight excluding hydrogens is 653 g/mol. The molecule has 0 radical (unpaired) electrons. The molecule has 8 rings (SSSR count). The van der Waals surface area contributed by atoms with E-state index >= 15 is 0 Å². The number of halogens is 1. The molecule has 0 aromatic heterocycles. The number of carboxylic acids is 2. The number of hydrogen-bond acceptors (Lipinski definition) is 12. The zero-order chi connectivity index (χ0) is 34.8. The monoisotopic (exact) mass is 712 g/mol. The van der Waals surface area contributed by atoms with E-state index < -0.39 is 35.5 Å². The fraction of sp³-hybridized carbons (Fsp3) is 0.938. The lowest BCUT2D eigenvalue weighted by Gasteiger charge is -2.64. The third-order valence-corrected chi connectivity index (χ3v) is 14.6. The van der Waals surface area contributed by atoms with Crippen LogP contribution in [-0.4, -0.2) is 121 Å². The first-order valence-electron chi connectivity index (χ1n) is 18.2. The van der Waals surface area contributed by atoms with Gasteiger partial charge in [0.15, 0.2) is 0 Å². The highest BCUT2D eigenvalue weighted by atomic mass is 35.5. The maximum absolute atomic E-state index is 12.2. The molecule has 17 heteroatoms. The molecule has 0 aromatic carbocycles. The van der Waals surface area contributed by atoms with E-state index in [1.165, 1.54) is 6.42 Å². The molecule has 0 amide bonds. The van der Waals surface area contributed by atoms with E-state index in [-0.39, 0.29) is 55.0 Å². The normalized spacial score (nSPS) is 43.8. The lowest BCUT2D eigenvalue weighted by molar-refractivity contribution is -0.199. The van der Waals surface area contributed by atoms with Crippen LogP contribution in [0, 0.1) is 28.1 Å². The van der Waals surface area contributed by atoms with Crippen molar-refractivity contribution in [3.8, 4) is 0 Å². The van der Waals surface area contributed by atoms with Crippen molar-refractivity contribution in [2.24, 2.45) is 39.5 Å². The lowest BCUT2D eigenvalue weighted by Crippen LogP contribution is -2.65. The number of nitrogens with one attached hydrogen (secondary N) is 4. The van der Waals surface area contributed by atoms with Crippen molar-refractivity contribution < 1.29 is 39.2 Å². The number of rotatable bonds is 12. The number of hydrogen-bond donors (Lipinski definition) is 10. The first-order valence-corrected chi connectivity index (χ1v) is 18.2. The molecule has 0 aromatic rings. The molecule has 278 valence electrons. The standard InChI is InChI=1S/C21H36BN3O4.C11H22BN3O4.ClH/c1-18(2)13-9-14(18)19(3)16(10-13)28-22(29-19)7-4-5-20-6-8-25-21(20,17(26)27)12-24-15(20)11-23;13-6-8-10(2-1-4-12(18)19)3-5-15-11(10,7-14-8)9(16)17;/h13-16,24-25H,4-12,23H2,1-3H3,(H,26,27);8,14-15,18-19H,1-7,13H2,(H,16,17);1H/t13-,14-,15-,16+,19-,20+,21+;8-,10+,11+;/m00./s1. The van der Waals surface area contributed by atoms with Gasteiger partial charge in [-0.1, -0.05) is 26.7 Å². The molecule has 8 aliphatic rings. The number of carboxylic acid groups (broad SMARTS) is 2. The Bertz CT molecular complexity index is 1240. The van der Waals surface area contributed by atoms with E-state index in [0.29, 0.717) is 56.9 Å². The maximum Gasteiger partial charge on any atom is 0.457 e. The summed E-state index contributed by atoms with van der Waals surface area (Å²) in [7, 11) is -1.51. The van der Waals surface area contributed by atoms with Crippen LogP contribution in [-0.2, 0) is 18.9 Å². The second-order valence-corrected chi connectivity index (χ2v) is 16.6. The summed E-state index contributed by atoms with van der Waals surface area (Å²) in [6, 6.07) is -0.0124. The van der Waals surface area contributed by atoms with Gasteiger partial charge in [0.05, 0.1) is 11.7 Å². The molecular formula is C32H59B2ClN6O8. The molecule has 12 N–H and O–H groups in total. The lowest BCUT2D eigenvalue weighted by atomic mass is 9.43. The van der Waals surface area contributed by atoms with Crippen LogP contribution in [0.25, 0.3) is 0 Å². The van der Waals surface area contributed by atoms with Crippen LogP contribution in [0.2, 0.25) is 12.6 Å². The van der Waals surface area contributed by atoms with Crippen molar-refractivity contribution in [3.05, 3.63) is 0 Å². The van der Waals surface area contributed by atoms with Gasteiger partial charge in [-0.3, -0.25) is 9.59 Å². The third-order valence-electron chi connectivity index (χ3n) is 14.6. The second kappa shape index (κ2) is 14.1. The molecule has 5 heterocycles. The number of carbonyl (C=O) groups is 2. The van der Waals surface area contributed by atoms with E-state index in [0.717, 1.165) is 50.9 Å². The Labute approximate surface area is 297 Å². The average molecular weight is 713 g/mol. The number of nitrogens with two attached hydrogens (primary N) is 2. The molecule has 5 saturated heterocycles. The SMILES string of the molecule is CC1(C)[C@@H]2C[C@H]3OB(CCC[C@]45CCN[C@@]4(C(=O)O)CN[C@H]5CN)O[C@@]3(C)[C@H]1C2.Cl.NC[C@@H]1NC[C@]2(C(=O)O)NCC[C@]12CCCB(O)O. The van der Waals surface area contributed by atoms with Crippen molar-refractivity contribution in [2.45, 2.75) is 120 Å². The predicted molar refractivity (Wildman–Crippen MR) is 188 cm³/mol. The van der Waals surface area contributed by atoms with Crippen LogP contribution in [0.15, 0.2) is 0 Å². The third kappa shape index (κ3) is 5.80. The average Bonchev–Trinajstić information content (AvgIpc) is 3.80. The fourth-order valence-electron chi connectivity index (χ4n) is 11.8. The quantitative estimate of drug-likeness (QED) is 0.116. The molecule has 2 bridgehead atoms. The van der Waals surface area contributed by atoms with Crippen LogP contribution in [0.4, 0.5) is 0 Å². The van der Waals surface area contributed by atoms with Crippen molar-refractivity contribution >= 4 is 38.6 Å². The smallest absolute Gasteiger partial charge is 0.457 e. The Morgan fingerprint density at radius 1 is 0.878 bits per heavy atom. The van der Waals surface area contributed by atoms with E-state index in [9.17, 15) is 19.8 Å². The minimum atomic E-state index is -1.34. The molecule has 49 heavy (non-hydrogen) atoms. The summed E-state index contributed by atoms with van der Waals surface area (Å²) in [5.74, 6) is -0.283. The fourth-order valence-corrected chi connectivity index (χ4v) is 11.8. The zero-order valence-electron chi connectivity index (χ0n) is 29.3. The summed E-state index contributed by atoms with van der Waals surface area (Å²) in [6.07, 6.45) is 8.15. The van der Waals surface area contributed by atoms with Crippen molar-refractivity contribution in [1.29, 1.82) is 0 Å². The molecule has 0 unspecified atom stereocenters. The Morgan fingerprint density at radius 2 is 1.41 bits per heavy atom. The molecule has 8 fully saturated rings. The topological polar surface area (TPSA) is 234 Å². The molecule has 10 atom stereocenters. The van der Waals surface area contributed by atoms with Crippen molar-refractivity contribution in [2.75, 3.05) is 39.3 Å². The highest BCUT2D eigenvalue weighted by molar-refractivity contribution is 6.45. The van der Waals surface area contributed by atoms with Gasteiger partial charge >= 0.3 is 26.2 Å². The van der Waals surface area contributed by atoms with Crippen LogP contribution in [0.5, 0.6) is 0 Å². The van der Waals surface area contributed by atoms with Gasteiger partial charge in [0.2, 0.25) is 0 Å².